The van der Waals surface area contributed by atoms with Gasteiger partial charge in [-0.2, -0.15) is 0 Å². The summed E-state index contributed by atoms with van der Waals surface area (Å²) in [6.45, 7) is 5.96. The van der Waals surface area contributed by atoms with Crippen molar-refractivity contribution in [2.45, 2.75) is 71.1 Å². The number of likely N-dealkylation sites (tertiary alicyclic amines) is 1. The topological polar surface area (TPSA) is 66.1 Å². The summed E-state index contributed by atoms with van der Waals surface area (Å²) in [7, 11) is 0. The minimum Gasteiger partial charge on any atom is -0.343 e. The number of piperidine rings is 1. The van der Waals surface area contributed by atoms with Crippen LogP contribution >= 0.6 is 11.6 Å². The molecule has 5 nitrogen and oxygen atoms in total. The van der Waals surface area contributed by atoms with Crippen molar-refractivity contribution in [1.29, 1.82) is 0 Å². The van der Waals surface area contributed by atoms with Gasteiger partial charge in [-0.3, -0.25) is 9.59 Å². The number of benzene rings is 1. The third-order valence-electron chi connectivity index (χ3n) is 5.92. The van der Waals surface area contributed by atoms with Gasteiger partial charge in [0.15, 0.2) is 0 Å². The van der Waals surface area contributed by atoms with Gasteiger partial charge >= 0.3 is 0 Å². The van der Waals surface area contributed by atoms with Crippen LogP contribution in [-0.2, 0) is 11.2 Å². The number of H-pyrrole nitrogens is 1. The monoisotopic (exact) mass is 429 g/mol. The lowest BCUT2D eigenvalue weighted by molar-refractivity contribution is -0.132. The standard InChI is InChI=1S/C24H32ClN3O2/c1-3-4-8-17(2)22-20(13-14-21(29)28-15-6-5-7-16-28)24(30)27-23(26-22)18-9-11-19(25)12-10-18/h9-12,17H,3-8,13-16H2,1-2H3,(H,26,27,30)/t17-/m1/s1. The van der Waals surface area contributed by atoms with E-state index in [9.17, 15) is 9.59 Å². The molecule has 0 radical (unpaired) electrons. The highest BCUT2D eigenvalue weighted by atomic mass is 35.5. The average molecular weight is 430 g/mol. The van der Waals surface area contributed by atoms with E-state index in [1.54, 1.807) is 12.1 Å². The predicted octanol–water partition coefficient (Wildman–Crippen LogP) is 5.33. The van der Waals surface area contributed by atoms with E-state index in [4.69, 9.17) is 16.6 Å². The van der Waals surface area contributed by atoms with Crippen LogP contribution in [0.4, 0.5) is 0 Å². The molecule has 1 amide bonds. The lowest BCUT2D eigenvalue weighted by Crippen LogP contribution is -2.36. The number of carbonyl (C=O) groups excluding carboxylic acids is 1. The van der Waals surface area contributed by atoms with E-state index in [1.165, 1.54) is 6.42 Å². The van der Waals surface area contributed by atoms with Crippen LogP contribution in [0.2, 0.25) is 5.02 Å². The highest BCUT2D eigenvalue weighted by Crippen LogP contribution is 2.25. The van der Waals surface area contributed by atoms with Gasteiger partial charge in [0.1, 0.15) is 5.82 Å². The van der Waals surface area contributed by atoms with Crippen molar-refractivity contribution >= 4 is 17.5 Å². The Morgan fingerprint density at radius 3 is 2.57 bits per heavy atom. The fraction of sp³-hybridized carbons (Fsp3) is 0.542. The Bertz CT molecular complexity index is 902. The van der Waals surface area contributed by atoms with E-state index < -0.39 is 0 Å². The first-order valence-corrected chi connectivity index (χ1v) is 11.5. The van der Waals surface area contributed by atoms with Crippen molar-refractivity contribution in [1.82, 2.24) is 14.9 Å². The SMILES string of the molecule is CCCC[C@@H](C)c1nc(-c2ccc(Cl)cc2)[nH]c(=O)c1CCC(=O)N1CCCCC1. The molecule has 1 saturated heterocycles. The maximum absolute atomic E-state index is 13.0. The van der Waals surface area contributed by atoms with E-state index in [2.05, 4.69) is 18.8 Å². The molecule has 1 N–H and O–H groups in total. The van der Waals surface area contributed by atoms with Gasteiger partial charge in [-0.15, -0.1) is 0 Å². The average Bonchev–Trinajstić information content (AvgIpc) is 2.77. The van der Waals surface area contributed by atoms with Crippen molar-refractivity contribution in [2.75, 3.05) is 13.1 Å². The number of aromatic nitrogens is 2. The molecule has 0 spiro atoms. The molecule has 3 rings (SSSR count). The van der Waals surface area contributed by atoms with E-state index in [0.29, 0.717) is 29.3 Å². The number of aromatic amines is 1. The lowest BCUT2D eigenvalue weighted by atomic mass is 9.94. The van der Waals surface area contributed by atoms with Crippen LogP contribution in [-0.4, -0.2) is 33.9 Å². The maximum atomic E-state index is 13.0. The summed E-state index contributed by atoms with van der Waals surface area (Å²) >= 11 is 6.00. The van der Waals surface area contributed by atoms with Crippen LogP contribution in [0.15, 0.2) is 29.1 Å². The number of halogens is 1. The lowest BCUT2D eigenvalue weighted by Gasteiger charge is -2.26. The second kappa shape index (κ2) is 10.8. The molecular formula is C24H32ClN3O2. The maximum Gasteiger partial charge on any atom is 0.254 e. The summed E-state index contributed by atoms with van der Waals surface area (Å²) in [5.41, 5.74) is 2.17. The molecule has 0 unspecified atom stereocenters. The smallest absolute Gasteiger partial charge is 0.254 e. The third kappa shape index (κ3) is 5.72. The van der Waals surface area contributed by atoms with Crippen LogP contribution in [0.25, 0.3) is 11.4 Å². The molecule has 2 aromatic rings. The van der Waals surface area contributed by atoms with Gasteiger partial charge in [-0.1, -0.05) is 38.3 Å². The van der Waals surface area contributed by atoms with Gasteiger partial charge in [0.05, 0.1) is 5.69 Å². The number of amides is 1. The molecular weight excluding hydrogens is 398 g/mol. The molecule has 1 fully saturated rings. The number of hydrogen-bond acceptors (Lipinski definition) is 3. The summed E-state index contributed by atoms with van der Waals surface area (Å²) in [5.74, 6) is 0.863. The first-order valence-electron chi connectivity index (χ1n) is 11.2. The number of rotatable bonds is 8. The van der Waals surface area contributed by atoms with Crippen molar-refractivity contribution in [3.05, 3.63) is 50.9 Å². The molecule has 6 heteroatoms. The normalized spacial score (nSPS) is 15.2. The number of carbonyl (C=O) groups is 1. The molecule has 1 aliphatic rings. The van der Waals surface area contributed by atoms with Crippen LogP contribution in [0.3, 0.4) is 0 Å². The number of hydrogen-bond donors (Lipinski definition) is 1. The Morgan fingerprint density at radius 2 is 1.90 bits per heavy atom. The van der Waals surface area contributed by atoms with Gasteiger partial charge in [0.2, 0.25) is 5.91 Å². The van der Waals surface area contributed by atoms with Gasteiger partial charge in [-0.05, 0) is 62.3 Å². The zero-order chi connectivity index (χ0) is 21.5. The molecule has 1 aliphatic heterocycles. The first kappa shape index (κ1) is 22.5. The van der Waals surface area contributed by atoms with E-state index in [1.807, 2.05) is 17.0 Å². The first-order chi connectivity index (χ1) is 14.5. The van der Waals surface area contributed by atoms with E-state index in [0.717, 1.165) is 56.5 Å². The summed E-state index contributed by atoms with van der Waals surface area (Å²) < 4.78 is 0. The molecule has 0 saturated carbocycles. The van der Waals surface area contributed by atoms with Gasteiger partial charge in [0.25, 0.3) is 5.56 Å². The summed E-state index contributed by atoms with van der Waals surface area (Å²) in [4.78, 5) is 35.4. The quantitative estimate of drug-likeness (QED) is 0.616. The second-order valence-electron chi connectivity index (χ2n) is 8.27. The number of unbranched alkanes of at least 4 members (excludes halogenated alkanes) is 1. The van der Waals surface area contributed by atoms with Crippen molar-refractivity contribution in [3.8, 4) is 11.4 Å². The zero-order valence-electron chi connectivity index (χ0n) is 18.0. The Labute approximate surface area is 183 Å². The fourth-order valence-corrected chi connectivity index (χ4v) is 4.22. The predicted molar refractivity (Wildman–Crippen MR) is 122 cm³/mol. The van der Waals surface area contributed by atoms with Crippen LogP contribution < -0.4 is 5.56 Å². The zero-order valence-corrected chi connectivity index (χ0v) is 18.8. The van der Waals surface area contributed by atoms with Crippen molar-refractivity contribution in [3.63, 3.8) is 0 Å². The fourth-order valence-electron chi connectivity index (χ4n) is 4.09. The van der Waals surface area contributed by atoms with E-state index >= 15 is 0 Å². The Hall–Kier alpha value is -2.14. The van der Waals surface area contributed by atoms with Gasteiger partial charge < -0.3 is 9.88 Å². The molecule has 2 heterocycles. The largest absolute Gasteiger partial charge is 0.343 e. The molecule has 162 valence electrons. The highest BCUT2D eigenvalue weighted by Gasteiger charge is 2.21. The van der Waals surface area contributed by atoms with E-state index in [-0.39, 0.29) is 17.4 Å². The van der Waals surface area contributed by atoms with Gasteiger partial charge in [-0.25, -0.2) is 4.98 Å². The van der Waals surface area contributed by atoms with Crippen molar-refractivity contribution in [2.24, 2.45) is 0 Å². The molecule has 0 aliphatic carbocycles. The number of nitrogens with zero attached hydrogens (tertiary/aromatic N) is 2. The summed E-state index contributed by atoms with van der Waals surface area (Å²) in [5, 5.41) is 0.644. The molecule has 1 aromatic heterocycles. The summed E-state index contributed by atoms with van der Waals surface area (Å²) in [6.07, 6.45) is 7.28. The number of nitrogens with one attached hydrogen (secondary N) is 1. The summed E-state index contributed by atoms with van der Waals surface area (Å²) in [6, 6.07) is 7.31. The molecule has 0 bridgehead atoms. The van der Waals surface area contributed by atoms with Crippen LogP contribution in [0.1, 0.15) is 76.0 Å². The highest BCUT2D eigenvalue weighted by molar-refractivity contribution is 6.30. The third-order valence-corrected chi connectivity index (χ3v) is 6.17. The molecule has 1 atom stereocenters. The Kier molecular flexibility index (Phi) is 8.08. The molecule has 30 heavy (non-hydrogen) atoms. The minimum absolute atomic E-state index is 0.139. The Balaban J connectivity index is 1.87. The van der Waals surface area contributed by atoms with Crippen LogP contribution in [0.5, 0.6) is 0 Å². The Morgan fingerprint density at radius 1 is 1.20 bits per heavy atom. The minimum atomic E-state index is -0.139. The van der Waals surface area contributed by atoms with Crippen molar-refractivity contribution < 1.29 is 4.79 Å². The van der Waals surface area contributed by atoms with Gasteiger partial charge in [0, 0.05) is 35.7 Å². The molecule has 1 aromatic carbocycles. The second-order valence-corrected chi connectivity index (χ2v) is 8.71. The van der Waals surface area contributed by atoms with Crippen LogP contribution in [0, 0.1) is 0 Å².